The highest BCUT2D eigenvalue weighted by atomic mass is 16.5. The Morgan fingerprint density at radius 1 is 1.30 bits per heavy atom. The third kappa shape index (κ3) is 3.67. The lowest BCUT2D eigenvalue weighted by atomic mass is 10.1. The fourth-order valence-electron chi connectivity index (χ4n) is 3.55. The van der Waals surface area contributed by atoms with Crippen molar-refractivity contribution in [3.63, 3.8) is 0 Å². The van der Waals surface area contributed by atoms with E-state index in [0.717, 1.165) is 25.9 Å². The lowest BCUT2D eigenvalue weighted by Crippen LogP contribution is -2.37. The van der Waals surface area contributed by atoms with Gasteiger partial charge in [0.15, 0.2) is 0 Å². The number of ether oxygens (including phenoxy) is 1. The molecule has 0 radical (unpaired) electrons. The maximum Gasteiger partial charge on any atom is 0.251 e. The summed E-state index contributed by atoms with van der Waals surface area (Å²) >= 11 is 0. The van der Waals surface area contributed by atoms with Gasteiger partial charge in [-0.3, -0.25) is 4.79 Å². The van der Waals surface area contributed by atoms with Crippen LogP contribution in [0.4, 0.5) is 5.69 Å². The molecule has 2 heterocycles. The zero-order valence-electron chi connectivity index (χ0n) is 13.9. The summed E-state index contributed by atoms with van der Waals surface area (Å²) in [6.45, 7) is 3.33. The molecule has 0 spiro atoms. The minimum absolute atomic E-state index is 0.0363. The molecule has 2 N–H and O–H groups in total. The highest BCUT2D eigenvalue weighted by Gasteiger charge is 2.32. The number of amides is 1. The second kappa shape index (κ2) is 7.32. The molecule has 0 saturated carbocycles. The number of carbonyl (C=O) groups is 1. The number of anilines is 1. The Morgan fingerprint density at radius 2 is 2.04 bits per heavy atom. The Morgan fingerprint density at radius 3 is 2.74 bits per heavy atom. The first-order valence-electron chi connectivity index (χ1n) is 8.62. The first-order chi connectivity index (χ1) is 11.2. The number of hydrogen-bond acceptors (Lipinski definition) is 4. The predicted molar refractivity (Wildman–Crippen MR) is 91.3 cm³/mol. The zero-order valence-corrected chi connectivity index (χ0v) is 13.9. The molecule has 2 aliphatic heterocycles. The average Bonchev–Trinajstić information content (AvgIpc) is 3.26. The van der Waals surface area contributed by atoms with Gasteiger partial charge in [0.25, 0.3) is 5.91 Å². The molecule has 2 saturated heterocycles. The molecule has 1 amide bonds. The topological polar surface area (TPSA) is 58.8 Å². The molecule has 0 aromatic heterocycles. The molecule has 126 valence electrons. The third-order valence-electron chi connectivity index (χ3n) is 4.87. The lowest BCUT2D eigenvalue weighted by molar-refractivity contribution is -0.141. The second-order valence-corrected chi connectivity index (χ2v) is 6.58. The summed E-state index contributed by atoms with van der Waals surface area (Å²) in [7, 11) is 1.86. The molecule has 1 aromatic carbocycles. The van der Waals surface area contributed by atoms with Gasteiger partial charge in [-0.05, 0) is 37.3 Å². The molecule has 0 aliphatic carbocycles. The van der Waals surface area contributed by atoms with Crippen LogP contribution >= 0.6 is 0 Å². The van der Waals surface area contributed by atoms with Gasteiger partial charge in [0.1, 0.15) is 6.10 Å². The first-order valence-corrected chi connectivity index (χ1v) is 8.62. The van der Waals surface area contributed by atoms with E-state index in [1.54, 1.807) is 4.90 Å². The molecule has 2 aliphatic rings. The van der Waals surface area contributed by atoms with Gasteiger partial charge < -0.3 is 20.3 Å². The number of hydrogen-bond donors (Lipinski definition) is 1. The van der Waals surface area contributed by atoms with Crippen molar-refractivity contribution in [2.75, 3.05) is 31.6 Å². The van der Waals surface area contributed by atoms with Gasteiger partial charge in [-0.25, -0.2) is 0 Å². The number of likely N-dealkylation sites (N-methyl/N-ethyl adjacent to an activating group) is 1. The largest absolute Gasteiger partial charge is 0.371 e. The summed E-state index contributed by atoms with van der Waals surface area (Å²) in [5, 5.41) is 0. The Bertz CT molecular complexity index is 543. The summed E-state index contributed by atoms with van der Waals surface area (Å²) in [6, 6.07) is 8.40. The molecule has 1 aromatic rings. The molecule has 2 atom stereocenters. The maximum atomic E-state index is 12.6. The van der Waals surface area contributed by atoms with E-state index in [9.17, 15) is 4.79 Å². The average molecular weight is 317 g/mol. The number of benzene rings is 1. The minimum atomic E-state index is -0.326. The van der Waals surface area contributed by atoms with Crippen molar-refractivity contribution >= 4 is 11.6 Å². The summed E-state index contributed by atoms with van der Waals surface area (Å²) in [4.78, 5) is 16.8. The quantitative estimate of drug-likeness (QED) is 0.899. The lowest BCUT2D eigenvalue weighted by Gasteiger charge is -2.26. The van der Waals surface area contributed by atoms with Crippen LogP contribution in [0.25, 0.3) is 0 Å². The second-order valence-electron chi connectivity index (χ2n) is 6.58. The molecule has 5 nitrogen and oxygen atoms in total. The van der Waals surface area contributed by atoms with E-state index in [-0.39, 0.29) is 18.1 Å². The fourth-order valence-corrected chi connectivity index (χ4v) is 3.55. The van der Waals surface area contributed by atoms with Crippen molar-refractivity contribution < 1.29 is 9.53 Å². The van der Waals surface area contributed by atoms with E-state index in [2.05, 4.69) is 23.1 Å². The Labute approximate surface area is 138 Å². The summed E-state index contributed by atoms with van der Waals surface area (Å²) in [6.07, 6.45) is 3.87. The Kier molecular flexibility index (Phi) is 5.18. The van der Waals surface area contributed by atoms with Gasteiger partial charge in [0.05, 0.1) is 6.10 Å². The van der Waals surface area contributed by atoms with Crippen LogP contribution in [-0.4, -0.2) is 49.7 Å². The minimum Gasteiger partial charge on any atom is -0.371 e. The third-order valence-corrected chi connectivity index (χ3v) is 4.87. The van der Waals surface area contributed by atoms with Gasteiger partial charge in [-0.2, -0.15) is 0 Å². The molecular weight excluding hydrogens is 290 g/mol. The molecule has 0 bridgehead atoms. The van der Waals surface area contributed by atoms with Gasteiger partial charge >= 0.3 is 0 Å². The summed E-state index contributed by atoms with van der Waals surface area (Å²) < 4.78 is 5.73. The SMILES string of the molecule is CN(Cc1ccccc1N1CCCC1)C(=O)[C@@H]1CC[C@H](CN)O1. The van der Waals surface area contributed by atoms with Crippen LogP contribution in [0.2, 0.25) is 0 Å². The number of carbonyl (C=O) groups excluding carboxylic acids is 1. The van der Waals surface area contributed by atoms with E-state index in [0.29, 0.717) is 13.1 Å². The number of rotatable bonds is 5. The van der Waals surface area contributed by atoms with E-state index < -0.39 is 0 Å². The van der Waals surface area contributed by atoms with Crippen LogP contribution in [0.5, 0.6) is 0 Å². The maximum absolute atomic E-state index is 12.6. The van der Waals surface area contributed by atoms with Crippen molar-refractivity contribution in [2.45, 2.75) is 44.4 Å². The van der Waals surface area contributed by atoms with Crippen molar-refractivity contribution in [2.24, 2.45) is 5.73 Å². The zero-order chi connectivity index (χ0) is 16.2. The van der Waals surface area contributed by atoms with Crippen molar-refractivity contribution in [3.8, 4) is 0 Å². The monoisotopic (exact) mass is 317 g/mol. The van der Waals surface area contributed by atoms with Crippen molar-refractivity contribution in [1.82, 2.24) is 4.90 Å². The highest BCUT2D eigenvalue weighted by Crippen LogP contribution is 2.26. The van der Waals surface area contributed by atoms with Gasteiger partial charge in [-0.15, -0.1) is 0 Å². The Balaban J connectivity index is 1.66. The van der Waals surface area contributed by atoms with Crippen molar-refractivity contribution in [3.05, 3.63) is 29.8 Å². The van der Waals surface area contributed by atoms with Crippen LogP contribution in [0.1, 0.15) is 31.2 Å². The summed E-state index contributed by atoms with van der Waals surface area (Å²) in [5.41, 5.74) is 8.10. The van der Waals surface area contributed by atoms with E-state index in [1.165, 1.54) is 24.1 Å². The van der Waals surface area contributed by atoms with Crippen LogP contribution in [0, 0.1) is 0 Å². The first kappa shape index (κ1) is 16.3. The number of para-hydroxylation sites is 1. The van der Waals surface area contributed by atoms with Crippen LogP contribution < -0.4 is 10.6 Å². The molecule has 23 heavy (non-hydrogen) atoms. The fraction of sp³-hybridized carbons (Fsp3) is 0.611. The molecule has 0 unspecified atom stereocenters. The van der Waals surface area contributed by atoms with E-state index >= 15 is 0 Å². The normalized spacial score (nSPS) is 24.2. The van der Waals surface area contributed by atoms with Crippen LogP contribution in [0.15, 0.2) is 24.3 Å². The van der Waals surface area contributed by atoms with Crippen LogP contribution in [0.3, 0.4) is 0 Å². The number of nitrogens with zero attached hydrogens (tertiary/aromatic N) is 2. The van der Waals surface area contributed by atoms with E-state index in [1.807, 2.05) is 13.1 Å². The highest BCUT2D eigenvalue weighted by molar-refractivity contribution is 5.81. The van der Waals surface area contributed by atoms with Crippen molar-refractivity contribution in [1.29, 1.82) is 0 Å². The predicted octanol–water partition coefficient (Wildman–Crippen LogP) is 1.75. The van der Waals surface area contributed by atoms with Crippen LogP contribution in [-0.2, 0) is 16.1 Å². The standard InChI is InChI=1S/C18H27N3O2/c1-20(18(22)17-9-8-15(12-19)23-17)13-14-6-2-3-7-16(14)21-10-4-5-11-21/h2-3,6-7,15,17H,4-5,8-13,19H2,1H3/t15-,17+/m1/s1. The van der Waals surface area contributed by atoms with Gasteiger partial charge in [0.2, 0.25) is 0 Å². The molecule has 3 rings (SSSR count). The van der Waals surface area contributed by atoms with Gasteiger partial charge in [0, 0.05) is 38.9 Å². The summed E-state index contributed by atoms with van der Waals surface area (Å²) in [5.74, 6) is 0.0668. The molecular formula is C18H27N3O2. The number of nitrogens with two attached hydrogens (primary N) is 1. The van der Waals surface area contributed by atoms with Gasteiger partial charge in [-0.1, -0.05) is 18.2 Å². The molecule has 2 fully saturated rings. The Hall–Kier alpha value is -1.59. The van der Waals surface area contributed by atoms with E-state index in [4.69, 9.17) is 10.5 Å². The smallest absolute Gasteiger partial charge is 0.251 e. The molecule has 5 heteroatoms.